The van der Waals surface area contributed by atoms with Crippen LogP contribution in [0.2, 0.25) is 0 Å². The normalized spacial score (nSPS) is 35.0. The van der Waals surface area contributed by atoms with Gasteiger partial charge in [-0.2, -0.15) is 0 Å². The van der Waals surface area contributed by atoms with Crippen LogP contribution in [0.15, 0.2) is 12.2 Å². The number of hydrogen-bond donors (Lipinski definition) is 3. The third-order valence-corrected chi connectivity index (χ3v) is 8.93. The molecule has 3 aliphatic rings. The van der Waals surface area contributed by atoms with Crippen LogP contribution in [0.5, 0.6) is 0 Å². The average molecular weight is 483 g/mol. The zero-order chi connectivity index (χ0) is 24.6. The van der Waals surface area contributed by atoms with Crippen molar-refractivity contribution in [2.24, 2.45) is 17.0 Å². The highest BCUT2D eigenvalue weighted by Gasteiger charge is 2.70. The number of allylic oxidation sites excluding steroid dienone is 1. The minimum Gasteiger partial charge on any atom is -0.341 e. The Bertz CT molecular complexity index is 979. The Morgan fingerprint density at radius 2 is 1.94 bits per heavy atom. The zero-order valence-corrected chi connectivity index (χ0v) is 20.2. The average Bonchev–Trinajstić information content (AvgIpc) is 3.61. The first-order chi connectivity index (χ1) is 15.3. The summed E-state index contributed by atoms with van der Waals surface area (Å²) in [4.78, 5) is 52.3. The molecule has 0 saturated heterocycles. The Hall–Kier alpha value is -2.27. The summed E-state index contributed by atoms with van der Waals surface area (Å²) in [6, 6.07) is -1.42. The summed E-state index contributed by atoms with van der Waals surface area (Å²) >= 11 is 0. The maximum absolute atomic E-state index is 13.4. The summed E-state index contributed by atoms with van der Waals surface area (Å²) in [6.07, 6.45) is 6.96. The van der Waals surface area contributed by atoms with Gasteiger partial charge >= 0.3 is 6.03 Å². The number of nitrogens with zero attached hydrogens (tertiary/aromatic N) is 1. The molecule has 11 heteroatoms. The van der Waals surface area contributed by atoms with Gasteiger partial charge in [0.1, 0.15) is 17.4 Å². The molecule has 2 saturated carbocycles. The maximum atomic E-state index is 13.4. The monoisotopic (exact) mass is 482 g/mol. The summed E-state index contributed by atoms with van der Waals surface area (Å²) in [7, 11) is -2.29. The van der Waals surface area contributed by atoms with E-state index in [0.29, 0.717) is 13.0 Å². The summed E-state index contributed by atoms with van der Waals surface area (Å²) in [5, 5.41) is 10.8. The van der Waals surface area contributed by atoms with Crippen molar-refractivity contribution in [2.75, 3.05) is 13.6 Å². The second kappa shape index (κ2) is 9.17. The van der Waals surface area contributed by atoms with Gasteiger partial charge in [-0.15, -0.1) is 0 Å². The van der Waals surface area contributed by atoms with E-state index in [1.54, 1.807) is 7.05 Å². The number of primary sulfonamides is 1. The molecule has 0 aromatic heterocycles. The predicted molar refractivity (Wildman–Crippen MR) is 121 cm³/mol. The SMILES string of the molecule is CC(=O)CCC1NC(=O)N(C)CCCCC=CC2CC2(C(=O)C2CC2(C)S(N)(=O)=O)NC1=O. The van der Waals surface area contributed by atoms with E-state index in [-0.39, 0.29) is 36.7 Å². The van der Waals surface area contributed by atoms with Gasteiger partial charge in [0, 0.05) is 31.8 Å². The molecule has 4 N–H and O–H groups in total. The van der Waals surface area contributed by atoms with Gasteiger partial charge < -0.3 is 20.3 Å². The van der Waals surface area contributed by atoms with Crippen molar-refractivity contribution in [3.05, 3.63) is 12.2 Å². The number of nitrogens with two attached hydrogens (primary N) is 1. The number of ketones is 2. The fourth-order valence-electron chi connectivity index (χ4n) is 4.51. The van der Waals surface area contributed by atoms with E-state index in [2.05, 4.69) is 10.6 Å². The van der Waals surface area contributed by atoms with Crippen molar-refractivity contribution < 1.29 is 27.6 Å². The van der Waals surface area contributed by atoms with Crippen LogP contribution in [0, 0.1) is 11.8 Å². The highest BCUT2D eigenvalue weighted by atomic mass is 32.2. The van der Waals surface area contributed by atoms with Crippen molar-refractivity contribution in [2.45, 2.75) is 75.1 Å². The molecule has 0 aromatic carbocycles. The summed E-state index contributed by atoms with van der Waals surface area (Å²) < 4.78 is 22.6. The number of carbonyl (C=O) groups excluding carboxylic acids is 4. The quantitative estimate of drug-likeness (QED) is 0.471. The molecule has 3 amide bonds. The van der Waals surface area contributed by atoms with Gasteiger partial charge in [0.25, 0.3) is 0 Å². The van der Waals surface area contributed by atoms with E-state index in [1.807, 2.05) is 12.2 Å². The van der Waals surface area contributed by atoms with Gasteiger partial charge in [-0.25, -0.2) is 18.4 Å². The molecule has 5 atom stereocenters. The predicted octanol–water partition coefficient (Wildman–Crippen LogP) is 0.617. The highest BCUT2D eigenvalue weighted by Crippen LogP contribution is 2.56. The lowest BCUT2D eigenvalue weighted by Gasteiger charge is -2.26. The van der Waals surface area contributed by atoms with Gasteiger partial charge in [-0.3, -0.25) is 9.59 Å². The van der Waals surface area contributed by atoms with Crippen molar-refractivity contribution >= 4 is 33.5 Å². The molecule has 0 aromatic rings. The first-order valence-corrected chi connectivity index (χ1v) is 12.9. The Labute approximate surface area is 194 Å². The number of hydrogen-bond acceptors (Lipinski definition) is 6. The molecule has 1 heterocycles. The number of Topliss-reactive ketones (excluding diaryl/α,β-unsaturated/α-hetero) is 2. The zero-order valence-electron chi connectivity index (χ0n) is 19.4. The molecule has 3 rings (SSSR count). The van der Waals surface area contributed by atoms with Gasteiger partial charge in [-0.05, 0) is 52.4 Å². The summed E-state index contributed by atoms with van der Waals surface area (Å²) in [6.45, 7) is 3.38. The van der Waals surface area contributed by atoms with Crippen molar-refractivity contribution in [3.8, 4) is 0 Å². The number of carbonyl (C=O) groups is 4. The van der Waals surface area contributed by atoms with Gasteiger partial charge in [0.2, 0.25) is 15.9 Å². The van der Waals surface area contributed by atoms with Crippen LogP contribution in [0.25, 0.3) is 0 Å². The fraction of sp³-hybridized carbons (Fsp3) is 0.727. The molecule has 0 spiro atoms. The van der Waals surface area contributed by atoms with Crippen LogP contribution in [-0.4, -0.2) is 66.7 Å². The maximum Gasteiger partial charge on any atom is 0.317 e. The van der Waals surface area contributed by atoms with Crippen molar-refractivity contribution in [1.82, 2.24) is 15.5 Å². The van der Waals surface area contributed by atoms with Gasteiger partial charge in [0.05, 0.1) is 4.75 Å². The minimum atomic E-state index is -3.93. The largest absolute Gasteiger partial charge is 0.341 e. The van der Waals surface area contributed by atoms with Crippen LogP contribution in [0.3, 0.4) is 0 Å². The van der Waals surface area contributed by atoms with Crippen LogP contribution < -0.4 is 15.8 Å². The second-order valence-corrected chi connectivity index (χ2v) is 11.9. The molecule has 5 unspecified atom stereocenters. The molecular formula is C22H34N4O6S. The van der Waals surface area contributed by atoms with Crippen LogP contribution in [0.1, 0.15) is 58.8 Å². The molecule has 33 heavy (non-hydrogen) atoms. The number of amides is 3. The molecule has 0 radical (unpaired) electrons. The molecule has 10 nitrogen and oxygen atoms in total. The Balaban J connectivity index is 1.87. The number of nitrogens with one attached hydrogen (secondary N) is 2. The summed E-state index contributed by atoms with van der Waals surface area (Å²) in [5.41, 5.74) is -1.23. The Kier molecular flexibility index (Phi) is 7.05. The van der Waals surface area contributed by atoms with Crippen molar-refractivity contribution in [3.63, 3.8) is 0 Å². The second-order valence-electron chi connectivity index (χ2n) is 9.84. The number of urea groups is 1. The van der Waals surface area contributed by atoms with Crippen LogP contribution in [-0.2, 0) is 24.4 Å². The Morgan fingerprint density at radius 3 is 2.55 bits per heavy atom. The molecule has 184 valence electrons. The van der Waals surface area contributed by atoms with Crippen LogP contribution in [0.4, 0.5) is 4.79 Å². The Morgan fingerprint density at radius 1 is 1.24 bits per heavy atom. The number of rotatable bonds is 6. The summed E-state index contributed by atoms with van der Waals surface area (Å²) in [5.74, 6) is -2.07. The van der Waals surface area contributed by atoms with E-state index >= 15 is 0 Å². The van der Waals surface area contributed by atoms with E-state index in [4.69, 9.17) is 5.14 Å². The van der Waals surface area contributed by atoms with E-state index < -0.39 is 44.2 Å². The lowest BCUT2D eigenvalue weighted by atomic mass is 10.00. The standard InChI is InChI=1S/C22H34N4O6S/c1-14(27)9-10-17-19(29)25-22(18(28)16-13-21(16,2)33(23,31)32)12-15(22)8-6-4-5-7-11-26(3)20(30)24-17/h6,8,15-17H,4-5,7,9-13H2,1-3H3,(H,24,30)(H,25,29)(H2,23,31,32). The lowest BCUT2D eigenvalue weighted by Crippen LogP contribution is -2.56. The van der Waals surface area contributed by atoms with E-state index in [9.17, 15) is 27.6 Å². The number of fused-ring (bicyclic) bond motifs is 1. The molecular weight excluding hydrogens is 448 g/mol. The lowest BCUT2D eigenvalue weighted by molar-refractivity contribution is -0.131. The highest BCUT2D eigenvalue weighted by molar-refractivity contribution is 7.90. The van der Waals surface area contributed by atoms with Gasteiger partial charge in [0.15, 0.2) is 5.78 Å². The van der Waals surface area contributed by atoms with Crippen molar-refractivity contribution in [1.29, 1.82) is 0 Å². The third kappa shape index (κ3) is 5.29. The molecule has 1 aliphatic heterocycles. The minimum absolute atomic E-state index is 0.0957. The number of sulfonamides is 1. The molecule has 2 fully saturated rings. The van der Waals surface area contributed by atoms with Gasteiger partial charge in [-0.1, -0.05) is 12.2 Å². The van der Waals surface area contributed by atoms with E-state index in [1.165, 1.54) is 18.7 Å². The fourth-order valence-corrected chi connectivity index (χ4v) is 5.41. The molecule has 2 aliphatic carbocycles. The first-order valence-electron chi connectivity index (χ1n) is 11.4. The first kappa shape index (κ1) is 25.4. The van der Waals surface area contributed by atoms with Crippen LogP contribution >= 0.6 is 0 Å². The topological polar surface area (TPSA) is 156 Å². The third-order valence-electron chi connectivity index (χ3n) is 7.18. The van der Waals surface area contributed by atoms with E-state index in [0.717, 1.165) is 19.3 Å². The smallest absolute Gasteiger partial charge is 0.317 e. The molecule has 0 bridgehead atoms.